The quantitative estimate of drug-likeness (QED) is 0.548. The lowest BCUT2D eigenvalue weighted by molar-refractivity contribution is 0.116. The van der Waals surface area contributed by atoms with Gasteiger partial charge < -0.3 is 5.11 Å². The van der Waals surface area contributed by atoms with Crippen molar-refractivity contribution in [3.63, 3.8) is 0 Å². The molecule has 0 unspecified atom stereocenters. The molecule has 1 fully saturated rings. The molecule has 0 radical (unpaired) electrons. The van der Waals surface area contributed by atoms with E-state index in [2.05, 4.69) is 9.45 Å². The molecule has 1 saturated heterocycles. The van der Waals surface area contributed by atoms with Crippen LogP contribution in [0.15, 0.2) is 0 Å². The van der Waals surface area contributed by atoms with Gasteiger partial charge in [-0.3, -0.25) is 14.4 Å². The molecule has 0 atom stereocenters. The normalized spacial score (nSPS) is 21.5. The summed E-state index contributed by atoms with van der Waals surface area (Å²) in [5.41, 5.74) is 0. The number of aliphatic hydroxyl groups excluding tert-OH is 1. The lowest BCUT2D eigenvalue weighted by atomic mass is 10.3. The van der Waals surface area contributed by atoms with Crippen LogP contribution in [0.2, 0.25) is 0 Å². The highest BCUT2D eigenvalue weighted by Gasteiger charge is 2.17. The lowest BCUT2D eigenvalue weighted by Crippen LogP contribution is -2.48. The Morgan fingerprint density at radius 1 is 1.13 bits per heavy atom. The van der Waals surface area contributed by atoms with Crippen LogP contribution in [-0.4, -0.2) is 79.5 Å². The Bertz CT molecular complexity index is 290. The first kappa shape index (κ1) is 11.3. The summed E-state index contributed by atoms with van der Waals surface area (Å²) in [6, 6.07) is 0. The van der Waals surface area contributed by atoms with Crippen molar-refractivity contribution < 1.29 is 18.1 Å². The van der Waals surface area contributed by atoms with Gasteiger partial charge in [0.1, 0.15) is 0 Å². The van der Waals surface area contributed by atoms with Gasteiger partial charge in [-0.1, -0.05) is 0 Å². The van der Waals surface area contributed by atoms with Crippen LogP contribution < -0.4 is 0 Å². The zero-order valence-electron chi connectivity index (χ0n) is 9.63. The van der Waals surface area contributed by atoms with E-state index in [0.29, 0.717) is 13.1 Å². The van der Waals surface area contributed by atoms with E-state index in [1.807, 2.05) is 4.90 Å². The van der Waals surface area contributed by atoms with Gasteiger partial charge >= 0.3 is 0 Å². The number of rotatable bonds is 6. The lowest BCUT2D eigenvalue weighted by Gasteiger charge is -2.33. The predicted molar refractivity (Wildman–Crippen MR) is 56.4 cm³/mol. The van der Waals surface area contributed by atoms with Gasteiger partial charge in [-0.05, 0) is 0 Å². The third-order valence-corrected chi connectivity index (χ3v) is 3.22. The average Bonchev–Trinajstić information content (AvgIpc) is 2.29. The van der Waals surface area contributed by atoms with Gasteiger partial charge in [-0.25, -0.2) is 0 Å². The summed E-state index contributed by atoms with van der Waals surface area (Å²) in [6.07, 6.45) is 0. The van der Waals surface area contributed by atoms with Crippen LogP contribution in [0.1, 0.15) is 0 Å². The molecule has 15 heavy (non-hydrogen) atoms. The molecule has 0 amide bonds. The van der Waals surface area contributed by atoms with Crippen LogP contribution in [-0.2, 0) is 10.1 Å². The fraction of sp³-hybridized carbons (Fsp3) is 1.00. The van der Waals surface area contributed by atoms with Gasteiger partial charge in [0.25, 0.3) is 10.1 Å². The van der Waals surface area contributed by atoms with E-state index in [-0.39, 0.29) is 12.4 Å². The molecule has 0 saturated carbocycles. The topological polar surface area (TPSA) is 81.1 Å². The van der Waals surface area contributed by atoms with E-state index in [0.717, 1.165) is 26.2 Å². The van der Waals surface area contributed by atoms with Gasteiger partial charge in [0.2, 0.25) is 1.43 Å². The second-order valence-electron chi connectivity index (χ2n) is 3.67. The maximum atomic E-state index is 10.9. The minimum absolute atomic E-state index is 0.142. The fourth-order valence-corrected chi connectivity index (χ4v) is 2.10. The number of nitrogens with zero attached hydrogens (tertiary/aromatic N) is 2. The molecule has 2 N–H and O–H groups in total. The Morgan fingerprint density at radius 3 is 2.13 bits per heavy atom. The smallest absolute Gasteiger partial charge is 0.266 e. The van der Waals surface area contributed by atoms with Crippen molar-refractivity contribution >= 4 is 10.1 Å². The summed E-state index contributed by atoms with van der Waals surface area (Å²) in [4.78, 5) is 4.15. The molecule has 1 aliphatic heterocycles. The van der Waals surface area contributed by atoms with Crippen molar-refractivity contribution in [3.05, 3.63) is 0 Å². The van der Waals surface area contributed by atoms with Crippen LogP contribution in [0.3, 0.4) is 0 Å². The highest BCUT2D eigenvalue weighted by atomic mass is 32.2. The van der Waals surface area contributed by atoms with Crippen molar-refractivity contribution in [3.8, 4) is 0 Å². The van der Waals surface area contributed by atoms with E-state index in [1.165, 1.54) is 0 Å². The second-order valence-corrected chi connectivity index (χ2v) is 5.19. The molecule has 90 valence electrons. The fourth-order valence-electron chi connectivity index (χ4n) is 1.62. The Labute approximate surface area is 91.7 Å². The van der Waals surface area contributed by atoms with Gasteiger partial charge in [0, 0.05) is 39.3 Å². The molecule has 0 aromatic heterocycles. The van der Waals surface area contributed by atoms with Gasteiger partial charge in [-0.15, -0.1) is 0 Å². The first-order valence-corrected chi connectivity index (χ1v) is 6.58. The highest BCUT2D eigenvalue weighted by molar-refractivity contribution is 7.85. The molecule has 0 aromatic rings. The maximum absolute atomic E-state index is 10.9. The maximum Gasteiger partial charge on any atom is 0.266 e. The van der Waals surface area contributed by atoms with Gasteiger partial charge in [0.15, 0.2) is 0 Å². The van der Waals surface area contributed by atoms with Crippen molar-refractivity contribution in [2.24, 2.45) is 0 Å². The Kier molecular flexibility index (Phi) is 4.33. The molecule has 1 aliphatic rings. The van der Waals surface area contributed by atoms with Gasteiger partial charge in [0.05, 0.1) is 12.4 Å². The molecule has 1 rings (SSSR count). The van der Waals surface area contributed by atoms with Crippen LogP contribution >= 0.6 is 0 Å². The minimum Gasteiger partial charge on any atom is -0.395 e. The summed E-state index contributed by atoms with van der Waals surface area (Å²) in [6.45, 7) is 4.46. The standard InChI is InChI=1S/C8H18N2O4S/c11-7-5-9-1-3-10(4-2-9)6-8-15(12,13)14/h11H,1-8H2,(H,12,13,14)/i/hD. The van der Waals surface area contributed by atoms with E-state index in [4.69, 9.17) is 6.54 Å². The molecule has 0 aromatic carbocycles. The SMILES string of the molecule is [2H]OS(=O)(=O)CCN1CCN(CCO)CC1. The zero-order chi connectivity index (χ0) is 12.0. The van der Waals surface area contributed by atoms with Gasteiger partial charge in [-0.2, -0.15) is 8.42 Å². The molecule has 7 heteroatoms. The Morgan fingerprint density at radius 2 is 1.67 bits per heavy atom. The minimum atomic E-state index is -3.67. The number of hydrogen-bond donors (Lipinski definition) is 2. The molecule has 0 spiro atoms. The number of β-amino-alcohol motifs (C(OH)–C–C–N with tert-alkyl or cyclic N) is 1. The van der Waals surface area contributed by atoms with Crippen LogP contribution in [0.25, 0.3) is 1.43 Å². The second kappa shape index (κ2) is 5.76. The monoisotopic (exact) mass is 239 g/mol. The van der Waals surface area contributed by atoms with E-state index in [9.17, 15) is 8.42 Å². The van der Waals surface area contributed by atoms with Crippen LogP contribution in [0.5, 0.6) is 0 Å². The van der Waals surface area contributed by atoms with Crippen molar-refractivity contribution in [2.45, 2.75) is 0 Å². The highest BCUT2D eigenvalue weighted by Crippen LogP contribution is 2.01. The van der Waals surface area contributed by atoms with E-state index < -0.39 is 10.1 Å². The number of aliphatic hydroxyl groups is 1. The molecule has 0 aliphatic carbocycles. The molecule has 1 heterocycles. The third kappa shape index (κ3) is 5.43. The van der Waals surface area contributed by atoms with E-state index >= 15 is 0 Å². The molecular formula is C8H18N2O4S. The average molecular weight is 239 g/mol. The zero-order valence-corrected chi connectivity index (χ0v) is 9.45. The molecule has 0 bridgehead atoms. The first-order chi connectivity index (χ1) is 7.57. The third-order valence-electron chi connectivity index (χ3n) is 2.54. The Balaban J connectivity index is 2.22. The summed E-state index contributed by atoms with van der Waals surface area (Å²) in [7, 11) is -3.67. The molecule has 6 nitrogen and oxygen atoms in total. The summed E-state index contributed by atoms with van der Waals surface area (Å²) in [5.74, 6) is -0.142. The summed E-state index contributed by atoms with van der Waals surface area (Å²) < 4.78 is 31.9. The van der Waals surface area contributed by atoms with Crippen LogP contribution in [0.4, 0.5) is 0 Å². The first-order valence-electron chi connectivity index (χ1n) is 5.41. The van der Waals surface area contributed by atoms with Crippen molar-refractivity contribution in [1.29, 1.82) is 1.43 Å². The van der Waals surface area contributed by atoms with Crippen LogP contribution in [0, 0.1) is 0 Å². The Hall–Kier alpha value is -0.210. The number of piperazine rings is 1. The largest absolute Gasteiger partial charge is 0.395 e. The van der Waals surface area contributed by atoms with Crippen molar-refractivity contribution in [2.75, 3.05) is 51.6 Å². The predicted octanol–water partition coefficient (Wildman–Crippen LogP) is -1.52. The summed E-state index contributed by atoms with van der Waals surface area (Å²) in [5, 5.41) is 8.75. The van der Waals surface area contributed by atoms with Crippen molar-refractivity contribution in [1.82, 2.24) is 9.80 Å². The van der Waals surface area contributed by atoms with E-state index in [1.54, 1.807) is 0 Å². The summed E-state index contributed by atoms with van der Waals surface area (Å²) >= 11 is 0. The number of hydrogen-bond acceptors (Lipinski definition) is 6. The molecular weight excluding hydrogens is 220 g/mol.